The normalized spacial score (nSPS) is 27.2. The van der Waals surface area contributed by atoms with Gasteiger partial charge in [-0.1, -0.05) is 18.0 Å². The van der Waals surface area contributed by atoms with Crippen molar-refractivity contribution in [2.24, 2.45) is 5.41 Å². The number of alkyl halides is 1. The lowest BCUT2D eigenvalue weighted by Gasteiger charge is -2.42. The smallest absolute Gasteiger partial charge is 0.119 e. The van der Waals surface area contributed by atoms with Crippen molar-refractivity contribution in [3.8, 4) is 5.75 Å². The summed E-state index contributed by atoms with van der Waals surface area (Å²) < 4.78 is 27.7. The van der Waals surface area contributed by atoms with E-state index in [0.717, 1.165) is 31.6 Å². The van der Waals surface area contributed by atoms with E-state index in [1.54, 1.807) is 0 Å². The second kappa shape index (κ2) is 9.36. The first-order valence-electron chi connectivity index (χ1n) is 10.6. The fourth-order valence-corrected chi connectivity index (χ4v) is 5.50. The van der Waals surface area contributed by atoms with Crippen LogP contribution in [0.1, 0.15) is 69.9 Å². The Labute approximate surface area is 174 Å². The largest absolute Gasteiger partial charge is 0.493 e. The van der Waals surface area contributed by atoms with Crippen LogP contribution in [0, 0.1) is 5.41 Å². The Hall–Kier alpha value is -0.780. The van der Waals surface area contributed by atoms with E-state index < -0.39 is 0 Å². The number of benzene rings is 1. The molecule has 0 aliphatic heterocycles. The Morgan fingerprint density at radius 1 is 1.25 bits per heavy atom. The fraction of sp³-hybridized carbons (Fsp3) is 0.739. The fourth-order valence-electron chi connectivity index (χ4n) is 4.82. The molecule has 3 rings (SSSR count). The van der Waals surface area contributed by atoms with Crippen LogP contribution in [0.5, 0.6) is 5.75 Å². The first-order chi connectivity index (χ1) is 13.4. The minimum atomic E-state index is -0.328. The van der Waals surface area contributed by atoms with E-state index in [-0.39, 0.29) is 11.4 Å². The van der Waals surface area contributed by atoms with Gasteiger partial charge in [0.15, 0.2) is 0 Å². The van der Waals surface area contributed by atoms with E-state index in [9.17, 15) is 4.39 Å². The number of methoxy groups -OCH3 is 1. The average Bonchev–Trinajstić information content (AvgIpc) is 2.94. The van der Waals surface area contributed by atoms with Gasteiger partial charge in [0.2, 0.25) is 0 Å². The van der Waals surface area contributed by atoms with Crippen LogP contribution in [0.2, 0.25) is 0 Å². The third kappa shape index (κ3) is 5.22. The molecule has 158 valence electrons. The lowest BCUT2D eigenvalue weighted by Crippen LogP contribution is -2.37. The van der Waals surface area contributed by atoms with Crippen molar-refractivity contribution in [3.63, 3.8) is 0 Å². The third-order valence-corrected chi connectivity index (χ3v) is 7.17. The number of nitrogens with one attached hydrogen (secondary N) is 1. The lowest BCUT2D eigenvalue weighted by molar-refractivity contribution is 0.0207. The van der Waals surface area contributed by atoms with Gasteiger partial charge in [-0.25, -0.2) is 0 Å². The van der Waals surface area contributed by atoms with Gasteiger partial charge in [-0.3, -0.25) is 9.11 Å². The molecule has 1 spiro atoms. The van der Waals surface area contributed by atoms with Gasteiger partial charge in [0.1, 0.15) is 5.75 Å². The van der Waals surface area contributed by atoms with E-state index in [4.69, 9.17) is 9.47 Å². The molecule has 1 N–H and O–H groups in total. The molecular weight excluding hydrogens is 373 g/mol. The van der Waals surface area contributed by atoms with Gasteiger partial charge in [-0.2, -0.15) is 0 Å². The summed E-state index contributed by atoms with van der Waals surface area (Å²) in [6.45, 7) is 7.81. The highest BCUT2D eigenvalue weighted by atomic mass is 32.2. The average molecular weight is 410 g/mol. The standard InChI is InChI=1S/C23H36FNO2S/c1-22(2,3)28-25-16-21-20-14-19(27-13-5-12-24)7-6-17(20)15-23(21)10-8-18(26-4)9-11-23/h6-7,14,18,21,25H,5,8-13,15-16H2,1-4H3. The summed E-state index contributed by atoms with van der Waals surface area (Å²) in [5, 5.41) is 0. The zero-order chi connectivity index (χ0) is 20.2. The van der Waals surface area contributed by atoms with Crippen LogP contribution in [0.25, 0.3) is 0 Å². The highest BCUT2D eigenvalue weighted by Crippen LogP contribution is 2.56. The molecule has 1 atom stereocenters. The van der Waals surface area contributed by atoms with Crippen LogP contribution < -0.4 is 9.46 Å². The summed E-state index contributed by atoms with van der Waals surface area (Å²) in [5.41, 5.74) is 3.21. The molecule has 5 heteroatoms. The first kappa shape index (κ1) is 21.9. The summed E-state index contributed by atoms with van der Waals surface area (Å²) in [4.78, 5) is 0. The van der Waals surface area contributed by atoms with Crippen LogP contribution in [-0.2, 0) is 11.2 Å². The molecule has 1 saturated carbocycles. The van der Waals surface area contributed by atoms with Crippen molar-refractivity contribution >= 4 is 11.9 Å². The van der Waals surface area contributed by atoms with E-state index in [1.807, 2.05) is 19.1 Å². The Kier molecular flexibility index (Phi) is 7.32. The molecule has 3 nitrogen and oxygen atoms in total. The van der Waals surface area contributed by atoms with Gasteiger partial charge in [-0.05, 0) is 81.5 Å². The molecule has 1 fully saturated rings. The third-order valence-electron chi connectivity index (χ3n) is 6.25. The number of fused-ring (bicyclic) bond motifs is 1. The van der Waals surface area contributed by atoms with Crippen molar-refractivity contribution < 1.29 is 13.9 Å². The van der Waals surface area contributed by atoms with Crippen molar-refractivity contribution in [3.05, 3.63) is 29.3 Å². The number of hydrogen-bond acceptors (Lipinski definition) is 4. The Balaban J connectivity index is 1.78. The molecule has 0 saturated heterocycles. The molecule has 28 heavy (non-hydrogen) atoms. The minimum absolute atomic E-state index is 0.194. The molecule has 0 aromatic heterocycles. The van der Waals surface area contributed by atoms with Gasteiger partial charge >= 0.3 is 0 Å². The zero-order valence-corrected chi connectivity index (χ0v) is 18.7. The summed E-state index contributed by atoms with van der Waals surface area (Å²) in [6.07, 6.45) is 6.73. The topological polar surface area (TPSA) is 30.5 Å². The highest BCUT2D eigenvalue weighted by Gasteiger charge is 2.47. The molecule has 0 radical (unpaired) electrons. The predicted octanol–water partition coefficient (Wildman–Crippen LogP) is 5.68. The van der Waals surface area contributed by atoms with Crippen LogP contribution >= 0.6 is 11.9 Å². The summed E-state index contributed by atoms with van der Waals surface area (Å²) in [5.74, 6) is 1.36. The van der Waals surface area contributed by atoms with Gasteiger partial charge in [0.25, 0.3) is 0 Å². The van der Waals surface area contributed by atoms with Gasteiger partial charge in [-0.15, -0.1) is 0 Å². The van der Waals surface area contributed by atoms with Crippen LogP contribution in [0.3, 0.4) is 0 Å². The maximum Gasteiger partial charge on any atom is 0.119 e. The highest BCUT2D eigenvalue weighted by molar-refractivity contribution is 7.98. The maximum atomic E-state index is 12.4. The molecule has 1 aromatic rings. The second-order valence-electron chi connectivity index (χ2n) is 9.34. The zero-order valence-electron chi connectivity index (χ0n) is 17.9. The SMILES string of the molecule is COC1CCC2(CC1)Cc1ccc(OCCCF)cc1C2CNSC(C)(C)C. The quantitative estimate of drug-likeness (QED) is 0.442. The first-order valence-corrected chi connectivity index (χ1v) is 11.4. The lowest BCUT2D eigenvalue weighted by atomic mass is 9.65. The van der Waals surface area contributed by atoms with Crippen molar-refractivity contribution in [1.82, 2.24) is 4.72 Å². The maximum absolute atomic E-state index is 12.4. The second-order valence-corrected chi connectivity index (χ2v) is 11.1. The molecule has 0 bridgehead atoms. The summed E-state index contributed by atoms with van der Waals surface area (Å²) in [6, 6.07) is 6.52. The van der Waals surface area contributed by atoms with Crippen molar-refractivity contribution in [2.75, 3.05) is 26.9 Å². The molecule has 0 amide bonds. The van der Waals surface area contributed by atoms with E-state index in [1.165, 1.54) is 24.0 Å². The molecule has 1 aromatic carbocycles. The van der Waals surface area contributed by atoms with E-state index >= 15 is 0 Å². The van der Waals surface area contributed by atoms with Crippen LogP contribution in [-0.4, -0.2) is 37.8 Å². The van der Waals surface area contributed by atoms with E-state index in [2.05, 4.69) is 43.7 Å². The molecule has 1 unspecified atom stereocenters. The Morgan fingerprint density at radius 2 is 2.00 bits per heavy atom. The Bertz CT molecular complexity index is 638. The van der Waals surface area contributed by atoms with Gasteiger partial charge in [0.05, 0.1) is 19.4 Å². The van der Waals surface area contributed by atoms with Gasteiger partial charge in [0, 0.05) is 30.7 Å². The number of rotatable bonds is 8. The van der Waals surface area contributed by atoms with Crippen LogP contribution in [0.4, 0.5) is 4.39 Å². The molecule has 2 aliphatic carbocycles. The van der Waals surface area contributed by atoms with Crippen LogP contribution in [0.15, 0.2) is 18.2 Å². The predicted molar refractivity (Wildman–Crippen MR) is 116 cm³/mol. The van der Waals surface area contributed by atoms with Crippen molar-refractivity contribution in [1.29, 1.82) is 0 Å². The molecule has 2 aliphatic rings. The number of ether oxygens (including phenoxy) is 2. The van der Waals surface area contributed by atoms with E-state index in [0.29, 0.717) is 30.5 Å². The molecule has 0 heterocycles. The number of halogens is 1. The Morgan fingerprint density at radius 3 is 2.64 bits per heavy atom. The number of hydrogen-bond donors (Lipinski definition) is 1. The van der Waals surface area contributed by atoms with Gasteiger partial charge < -0.3 is 9.47 Å². The molecular formula is C23H36FNO2S. The summed E-state index contributed by atoms with van der Waals surface area (Å²) in [7, 11) is 1.84. The summed E-state index contributed by atoms with van der Waals surface area (Å²) >= 11 is 1.82. The van der Waals surface area contributed by atoms with Crippen molar-refractivity contribution in [2.45, 2.75) is 76.1 Å². The monoisotopic (exact) mass is 409 g/mol. The minimum Gasteiger partial charge on any atom is -0.493 e.